The SMILES string of the molecule is COc1ccc(Cl)cc1CC(C)CCNC1CC1. The Morgan fingerprint density at radius 1 is 1.44 bits per heavy atom. The van der Waals surface area contributed by atoms with Gasteiger partial charge in [0.15, 0.2) is 0 Å². The van der Waals surface area contributed by atoms with Crippen molar-refractivity contribution < 1.29 is 4.74 Å². The van der Waals surface area contributed by atoms with Crippen molar-refractivity contribution in [3.8, 4) is 5.75 Å². The van der Waals surface area contributed by atoms with Crippen molar-refractivity contribution in [2.45, 2.75) is 38.6 Å². The third-order valence-electron chi connectivity index (χ3n) is 3.46. The fourth-order valence-electron chi connectivity index (χ4n) is 2.21. The zero-order valence-corrected chi connectivity index (χ0v) is 12.0. The molecule has 0 amide bonds. The van der Waals surface area contributed by atoms with Crippen molar-refractivity contribution >= 4 is 11.6 Å². The van der Waals surface area contributed by atoms with E-state index in [0.29, 0.717) is 5.92 Å². The molecule has 1 saturated carbocycles. The standard InChI is InChI=1S/C15H22ClNO/c1-11(7-8-17-14-4-5-14)9-12-10-13(16)3-6-15(12)18-2/h3,6,10-11,14,17H,4-5,7-9H2,1-2H3. The molecule has 3 heteroatoms. The Bertz CT molecular complexity index is 390. The Balaban J connectivity index is 1.84. The molecule has 0 spiro atoms. The highest BCUT2D eigenvalue weighted by molar-refractivity contribution is 6.30. The van der Waals surface area contributed by atoms with Crippen molar-refractivity contribution in [3.05, 3.63) is 28.8 Å². The molecule has 1 unspecified atom stereocenters. The van der Waals surface area contributed by atoms with Crippen LogP contribution in [-0.4, -0.2) is 19.7 Å². The van der Waals surface area contributed by atoms with Crippen molar-refractivity contribution in [1.82, 2.24) is 5.32 Å². The molecule has 1 aliphatic rings. The van der Waals surface area contributed by atoms with Crippen LogP contribution in [-0.2, 0) is 6.42 Å². The number of hydrogen-bond acceptors (Lipinski definition) is 2. The minimum atomic E-state index is 0.642. The molecular weight excluding hydrogens is 246 g/mol. The van der Waals surface area contributed by atoms with E-state index in [1.807, 2.05) is 18.2 Å². The third kappa shape index (κ3) is 4.18. The Labute approximate surface area is 115 Å². The molecule has 18 heavy (non-hydrogen) atoms. The summed E-state index contributed by atoms with van der Waals surface area (Å²) in [5, 5.41) is 4.34. The van der Waals surface area contributed by atoms with Crippen molar-refractivity contribution in [2.24, 2.45) is 5.92 Å². The van der Waals surface area contributed by atoms with Crippen LogP contribution in [0.15, 0.2) is 18.2 Å². The number of benzene rings is 1. The maximum absolute atomic E-state index is 6.04. The maximum Gasteiger partial charge on any atom is 0.122 e. The lowest BCUT2D eigenvalue weighted by Gasteiger charge is -2.14. The number of rotatable bonds is 7. The first-order valence-corrected chi connectivity index (χ1v) is 7.12. The van der Waals surface area contributed by atoms with Crippen molar-refractivity contribution in [1.29, 1.82) is 0 Å². The van der Waals surface area contributed by atoms with Crippen LogP contribution < -0.4 is 10.1 Å². The fourth-order valence-corrected chi connectivity index (χ4v) is 2.40. The molecule has 1 aliphatic carbocycles. The van der Waals surface area contributed by atoms with E-state index in [4.69, 9.17) is 16.3 Å². The van der Waals surface area contributed by atoms with Gasteiger partial charge >= 0.3 is 0 Å². The molecule has 1 fully saturated rings. The first kappa shape index (κ1) is 13.7. The molecule has 2 nitrogen and oxygen atoms in total. The van der Waals surface area contributed by atoms with Crippen molar-refractivity contribution in [3.63, 3.8) is 0 Å². The van der Waals surface area contributed by atoms with Gasteiger partial charge in [0.25, 0.3) is 0 Å². The fraction of sp³-hybridized carbons (Fsp3) is 0.600. The normalized spacial score (nSPS) is 16.6. The summed E-state index contributed by atoms with van der Waals surface area (Å²) in [4.78, 5) is 0. The van der Waals surface area contributed by atoms with Crippen LogP contribution in [0.25, 0.3) is 0 Å². The minimum Gasteiger partial charge on any atom is -0.496 e. The van der Waals surface area contributed by atoms with Crippen LogP contribution in [0.3, 0.4) is 0 Å². The second-order valence-corrected chi connectivity index (χ2v) is 5.72. The highest BCUT2D eigenvalue weighted by atomic mass is 35.5. The largest absolute Gasteiger partial charge is 0.496 e. The number of halogens is 1. The van der Waals surface area contributed by atoms with Gasteiger partial charge in [-0.3, -0.25) is 0 Å². The molecule has 1 aromatic carbocycles. The maximum atomic E-state index is 6.04. The first-order valence-electron chi connectivity index (χ1n) is 6.75. The Morgan fingerprint density at radius 3 is 2.89 bits per heavy atom. The lowest BCUT2D eigenvalue weighted by molar-refractivity contribution is 0.403. The number of nitrogens with one attached hydrogen (secondary N) is 1. The van der Waals surface area contributed by atoms with Crippen molar-refractivity contribution in [2.75, 3.05) is 13.7 Å². The smallest absolute Gasteiger partial charge is 0.122 e. The van der Waals surface area contributed by atoms with E-state index in [0.717, 1.165) is 29.8 Å². The highest BCUT2D eigenvalue weighted by Crippen LogP contribution is 2.26. The zero-order valence-electron chi connectivity index (χ0n) is 11.2. The van der Waals surface area contributed by atoms with Gasteiger partial charge in [-0.1, -0.05) is 18.5 Å². The molecule has 1 atom stereocenters. The number of ether oxygens (including phenoxy) is 1. The monoisotopic (exact) mass is 267 g/mol. The molecular formula is C15H22ClNO. The molecule has 0 aliphatic heterocycles. The van der Waals surface area contributed by atoms with Crippen LogP contribution >= 0.6 is 11.6 Å². The van der Waals surface area contributed by atoms with Gasteiger partial charge in [0.2, 0.25) is 0 Å². The summed E-state index contributed by atoms with van der Waals surface area (Å²) in [6, 6.07) is 6.65. The van der Waals surface area contributed by atoms with Gasteiger partial charge < -0.3 is 10.1 Å². The Hall–Kier alpha value is -0.730. The zero-order chi connectivity index (χ0) is 13.0. The first-order chi connectivity index (χ1) is 8.69. The molecule has 0 heterocycles. The van der Waals surface area contributed by atoms with E-state index in [2.05, 4.69) is 12.2 Å². The lowest BCUT2D eigenvalue weighted by Crippen LogP contribution is -2.20. The van der Waals surface area contributed by atoms with Crippen LogP contribution in [0.1, 0.15) is 31.7 Å². The number of hydrogen-bond donors (Lipinski definition) is 1. The average Bonchev–Trinajstić information content (AvgIpc) is 3.13. The van der Waals surface area contributed by atoms with Gasteiger partial charge in [-0.05, 0) is 61.9 Å². The highest BCUT2D eigenvalue weighted by Gasteiger charge is 2.20. The Kier molecular flexibility index (Phi) is 4.90. The van der Waals surface area contributed by atoms with Gasteiger partial charge in [-0.2, -0.15) is 0 Å². The summed E-state index contributed by atoms with van der Waals surface area (Å²) in [7, 11) is 1.71. The number of methoxy groups -OCH3 is 1. The van der Waals surface area contributed by atoms with Gasteiger partial charge in [0.05, 0.1) is 7.11 Å². The van der Waals surface area contributed by atoms with Crippen LogP contribution in [0.4, 0.5) is 0 Å². The van der Waals surface area contributed by atoms with E-state index in [1.54, 1.807) is 7.11 Å². The van der Waals surface area contributed by atoms with E-state index in [-0.39, 0.29) is 0 Å². The van der Waals surface area contributed by atoms with E-state index in [9.17, 15) is 0 Å². The van der Waals surface area contributed by atoms with Crippen LogP contribution in [0.2, 0.25) is 5.02 Å². The van der Waals surface area contributed by atoms with E-state index in [1.165, 1.54) is 24.8 Å². The summed E-state index contributed by atoms with van der Waals surface area (Å²) in [5.41, 5.74) is 1.21. The van der Waals surface area contributed by atoms with Gasteiger partial charge in [-0.15, -0.1) is 0 Å². The summed E-state index contributed by atoms with van der Waals surface area (Å²) < 4.78 is 5.38. The molecule has 2 rings (SSSR count). The van der Waals surface area contributed by atoms with E-state index < -0.39 is 0 Å². The topological polar surface area (TPSA) is 21.3 Å². The summed E-state index contributed by atoms with van der Waals surface area (Å²) in [5.74, 6) is 1.59. The van der Waals surface area contributed by atoms with Gasteiger partial charge in [0, 0.05) is 11.1 Å². The third-order valence-corrected chi connectivity index (χ3v) is 3.69. The molecule has 0 aromatic heterocycles. The molecule has 0 radical (unpaired) electrons. The van der Waals surface area contributed by atoms with Crippen LogP contribution in [0, 0.1) is 5.92 Å². The minimum absolute atomic E-state index is 0.642. The summed E-state index contributed by atoms with van der Waals surface area (Å²) >= 11 is 6.04. The molecule has 0 bridgehead atoms. The Morgan fingerprint density at radius 2 is 2.22 bits per heavy atom. The summed E-state index contributed by atoms with van der Waals surface area (Å²) in [6.07, 6.45) is 4.94. The lowest BCUT2D eigenvalue weighted by atomic mass is 9.97. The van der Waals surface area contributed by atoms with Gasteiger partial charge in [-0.25, -0.2) is 0 Å². The quantitative estimate of drug-likeness (QED) is 0.814. The summed E-state index contributed by atoms with van der Waals surface area (Å²) in [6.45, 7) is 3.41. The predicted molar refractivity (Wildman–Crippen MR) is 76.5 cm³/mol. The second kappa shape index (κ2) is 6.44. The molecule has 1 N–H and O–H groups in total. The molecule has 1 aromatic rings. The van der Waals surface area contributed by atoms with Gasteiger partial charge in [0.1, 0.15) is 5.75 Å². The predicted octanol–water partition coefficient (Wildman–Crippen LogP) is 3.67. The van der Waals surface area contributed by atoms with E-state index >= 15 is 0 Å². The second-order valence-electron chi connectivity index (χ2n) is 5.28. The average molecular weight is 268 g/mol. The van der Waals surface area contributed by atoms with Crippen LogP contribution in [0.5, 0.6) is 5.75 Å². The molecule has 0 saturated heterocycles. The molecule has 100 valence electrons.